The van der Waals surface area contributed by atoms with E-state index < -0.39 is 0 Å². The van der Waals surface area contributed by atoms with Crippen LogP contribution in [0.3, 0.4) is 0 Å². The smallest absolute Gasteiger partial charge is 0.252 e. The van der Waals surface area contributed by atoms with Crippen molar-refractivity contribution in [3.63, 3.8) is 0 Å². The minimum absolute atomic E-state index is 0.121. The van der Waals surface area contributed by atoms with Crippen LogP contribution in [0.4, 0.5) is 11.4 Å². The molecule has 1 amide bonds. The Labute approximate surface area is 153 Å². The lowest BCUT2D eigenvalue weighted by Gasteiger charge is -2.26. The first-order valence-corrected chi connectivity index (χ1v) is 8.69. The van der Waals surface area contributed by atoms with Crippen molar-refractivity contribution >= 4 is 17.3 Å². The fraction of sp³-hybridized carbons (Fsp3) is 0.368. The molecule has 2 heterocycles. The van der Waals surface area contributed by atoms with Crippen molar-refractivity contribution in [2.45, 2.75) is 0 Å². The summed E-state index contributed by atoms with van der Waals surface area (Å²) in [6, 6.07) is 9.36. The number of methoxy groups -OCH3 is 1. The standard InChI is InChI=1S/C19H24N4O3/c1-25-18-4-2-16(3-5-18)22-17-12-15(13-20-14-17)19(24)21-6-7-23-8-10-26-11-9-23/h2-5,12-14,22H,6-11H2,1H3,(H,21,24). The zero-order valence-corrected chi connectivity index (χ0v) is 14.9. The molecule has 1 aliphatic heterocycles. The van der Waals surface area contributed by atoms with Crippen LogP contribution in [0.2, 0.25) is 0 Å². The van der Waals surface area contributed by atoms with E-state index in [1.54, 1.807) is 25.6 Å². The molecule has 0 aliphatic carbocycles. The first-order valence-electron chi connectivity index (χ1n) is 8.69. The van der Waals surface area contributed by atoms with Gasteiger partial charge in [-0.05, 0) is 30.3 Å². The van der Waals surface area contributed by atoms with Crippen molar-refractivity contribution in [2.24, 2.45) is 0 Å². The van der Waals surface area contributed by atoms with Crippen LogP contribution in [0, 0.1) is 0 Å². The fourth-order valence-corrected chi connectivity index (χ4v) is 2.73. The van der Waals surface area contributed by atoms with E-state index in [9.17, 15) is 4.79 Å². The summed E-state index contributed by atoms with van der Waals surface area (Å²) in [5, 5.41) is 6.18. The lowest BCUT2D eigenvalue weighted by molar-refractivity contribution is 0.0383. The van der Waals surface area contributed by atoms with Crippen molar-refractivity contribution in [3.05, 3.63) is 48.3 Å². The third kappa shape index (κ3) is 5.18. The number of benzene rings is 1. The highest BCUT2D eigenvalue weighted by Gasteiger charge is 2.11. The number of pyridine rings is 1. The summed E-state index contributed by atoms with van der Waals surface area (Å²) in [5.41, 5.74) is 2.19. The van der Waals surface area contributed by atoms with Crippen molar-refractivity contribution in [2.75, 3.05) is 51.8 Å². The third-order valence-corrected chi connectivity index (χ3v) is 4.20. The molecule has 0 spiro atoms. The molecule has 1 fully saturated rings. The number of hydrogen-bond donors (Lipinski definition) is 2. The van der Waals surface area contributed by atoms with Gasteiger partial charge in [0, 0.05) is 38.1 Å². The molecule has 26 heavy (non-hydrogen) atoms. The van der Waals surface area contributed by atoms with Gasteiger partial charge >= 0.3 is 0 Å². The molecule has 1 aliphatic rings. The minimum Gasteiger partial charge on any atom is -0.497 e. The van der Waals surface area contributed by atoms with Crippen molar-refractivity contribution < 1.29 is 14.3 Å². The van der Waals surface area contributed by atoms with Gasteiger partial charge in [0.05, 0.1) is 37.8 Å². The predicted octanol–water partition coefficient (Wildman–Crippen LogP) is 1.90. The average Bonchev–Trinajstić information content (AvgIpc) is 2.69. The lowest BCUT2D eigenvalue weighted by atomic mass is 10.2. The largest absolute Gasteiger partial charge is 0.497 e. The van der Waals surface area contributed by atoms with Gasteiger partial charge in [0.25, 0.3) is 5.91 Å². The van der Waals surface area contributed by atoms with Gasteiger partial charge in [0.1, 0.15) is 5.75 Å². The number of anilines is 2. The molecule has 0 saturated carbocycles. The van der Waals surface area contributed by atoms with E-state index >= 15 is 0 Å². The minimum atomic E-state index is -0.121. The molecule has 138 valence electrons. The van der Waals surface area contributed by atoms with E-state index in [1.165, 1.54) is 0 Å². The lowest BCUT2D eigenvalue weighted by Crippen LogP contribution is -2.41. The van der Waals surface area contributed by atoms with Crippen LogP contribution in [0.5, 0.6) is 5.75 Å². The molecule has 0 unspecified atom stereocenters. The summed E-state index contributed by atoms with van der Waals surface area (Å²) < 4.78 is 10.5. The Kier molecular flexibility index (Phi) is 6.40. The van der Waals surface area contributed by atoms with Gasteiger partial charge in [0.2, 0.25) is 0 Å². The monoisotopic (exact) mass is 356 g/mol. The molecule has 0 bridgehead atoms. The number of morpholine rings is 1. The Morgan fingerprint density at radius 2 is 1.96 bits per heavy atom. The number of nitrogens with one attached hydrogen (secondary N) is 2. The van der Waals surface area contributed by atoms with E-state index in [4.69, 9.17) is 9.47 Å². The maximum Gasteiger partial charge on any atom is 0.252 e. The Bertz CT molecular complexity index is 715. The van der Waals surface area contributed by atoms with Gasteiger partial charge in [-0.3, -0.25) is 14.7 Å². The molecule has 0 atom stereocenters. The first kappa shape index (κ1) is 18.2. The number of ether oxygens (including phenoxy) is 2. The second-order valence-electron chi connectivity index (χ2n) is 6.03. The number of rotatable bonds is 7. The molecule has 0 radical (unpaired) electrons. The summed E-state index contributed by atoms with van der Waals surface area (Å²) in [7, 11) is 1.63. The van der Waals surface area contributed by atoms with E-state index in [2.05, 4.69) is 20.5 Å². The predicted molar refractivity (Wildman–Crippen MR) is 100 cm³/mol. The second kappa shape index (κ2) is 9.17. The zero-order chi connectivity index (χ0) is 18.2. The van der Waals surface area contributed by atoms with E-state index in [0.29, 0.717) is 12.1 Å². The molecule has 2 aromatic rings. The molecule has 1 saturated heterocycles. The van der Waals surface area contributed by atoms with Gasteiger partial charge < -0.3 is 20.1 Å². The van der Waals surface area contributed by atoms with Crippen LogP contribution in [0.25, 0.3) is 0 Å². The highest BCUT2D eigenvalue weighted by molar-refractivity contribution is 5.94. The normalized spacial score (nSPS) is 14.7. The molecule has 1 aromatic carbocycles. The summed E-state index contributed by atoms with van der Waals surface area (Å²) in [4.78, 5) is 18.8. The Hall–Kier alpha value is -2.64. The summed E-state index contributed by atoms with van der Waals surface area (Å²) in [6.07, 6.45) is 3.26. The number of nitrogens with zero attached hydrogens (tertiary/aromatic N) is 2. The van der Waals surface area contributed by atoms with Crippen LogP contribution in [0.1, 0.15) is 10.4 Å². The van der Waals surface area contributed by atoms with Gasteiger partial charge in [-0.15, -0.1) is 0 Å². The van der Waals surface area contributed by atoms with Crippen LogP contribution < -0.4 is 15.4 Å². The van der Waals surface area contributed by atoms with Gasteiger partial charge in [0.15, 0.2) is 0 Å². The molecule has 7 heteroatoms. The Morgan fingerprint density at radius 1 is 1.19 bits per heavy atom. The topological polar surface area (TPSA) is 75.7 Å². The van der Waals surface area contributed by atoms with Crippen molar-refractivity contribution in [1.82, 2.24) is 15.2 Å². The third-order valence-electron chi connectivity index (χ3n) is 4.20. The average molecular weight is 356 g/mol. The molecular formula is C19H24N4O3. The van der Waals surface area contributed by atoms with Gasteiger partial charge in [-0.2, -0.15) is 0 Å². The van der Waals surface area contributed by atoms with E-state index in [-0.39, 0.29) is 5.91 Å². The highest BCUT2D eigenvalue weighted by Crippen LogP contribution is 2.20. The fourth-order valence-electron chi connectivity index (χ4n) is 2.73. The van der Waals surface area contributed by atoms with E-state index in [1.807, 2.05) is 24.3 Å². The van der Waals surface area contributed by atoms with Crippen LogP contribution in [-0.4, -0.2) is 62.3 Å². The summed E-state index contributed by atoms with van der Waals surface area (Å²) in [6.45, 7) is 4.78. The van der Waals surface area contributed by atoms with Gasteiger partial charge in [-0.25, -0.2) is 0 Å². The summed E-state index contributed by atoms with van der Waals surface area (Å²) in [5.74, 6) is 0.672. The molecule has 1 aromatic heterocycles. The molecule has 7 nitrogen and oxygen atoms in total. The maximum absolute atomic E-state index is 12.3. The molecule has 2 N–H and O–H groups in total. The number of carbonyl (C=O) groups excluding carboxylic acids is 1. The SMILES string of the molecule is COc1ccc(Nc2cncc(C(=O)NCCN3CCOCC3)c2)cc1. The van der Waals surface area contributed by atoms with Crippen molar-refractivity contribution in [3.8, 4) is 5.75 Å². The van der Waals surface area contributed by atoms with Crippen LogP contribution >= 0.6 is 0 Å². The molecule has 3 rings (SSSR count). The van der Waals surface area contributed by atoms with Crippen LogP contribution in [-0.2, 0) is 4.74 Å². The van der Waals surface area contributed by atoms with Gasteiger partial charge in [-0.1, -0.05) is 0 Å². The van der Waals surface area contributed by atoms with Crippen LogP contribution in [0.15, 0.2) is 42.7 Å². The molecular weight excluding hydrogens is 332 g/mol. The number of carbonyl (C=O) groups is 1. The van der Waals surface area contributed by atoms with E-state index in [0.717, 1.165) is 50.0 Å². The zero-order valence-electron chi connectivity index (χ0n) is 14.9. The number of hydrogen-bond acceptors (Lipinski definition) is 6. The highest BCUT2D eigenvalue weighted by atomic mass is 16.5. The number of aromatic nitrogens is 1. The van der Waals surface area contributed by atoms with Crippen molar-refractivity contribution in [1.29, 1.82) is 0 Å². The number of amides is 1. The Morgan fingerprint density at radius 3 is 2.69 bits per heavy atom. The second-order valence-corrected chi connectivity index (χ2v) is 6.03. The Balaban J connectivity index is 1.52. The first-order chi connectivity index (χ1) is 12.7. The maximum atomic E-state index is 12.3. The summed E-state index contributed by atoms with van der Waals surface area (Å²) >= 11 is 0. The quantitative estimate of drug-likeness (QED) is 0.789.